The summed E-state index contributed by atoms with van der Waals surface area (Å²) in [6.45, 7) is 5.61. The Kier molecular flexibility index (Phi) is 10.3. The first-order valence-corrected chi connectivity index (χ1v) is 13.6. The first-order valence-electron chi connectivity index (χ1n) is 11.4. The van der Waals surface area contributed by atoms with Gasteiger partial charge < -0.3 is 10.0 Å². The fraction of sp³-hybridized carbons (Fsp3) is 0.652. The minimum Gasteiger partial charge on any atom is -0.382 e. The highest BCUT2D eigenvalue weighted by molar-refractivity contribution is 8.00. The number of aromatic nitrogens is 3. The van der Waals surface area contributed by atoms with Crippen LogP contribution in [0.25, 0.3) is 0 Å². The van der Waals surface area contributed by atoms with Gasteiger partial charge in [-0.25, -0.2) is 18.4 Å². The Balaban J connectivity index is 1.45. The van der Waals surface area contributed by atoms with Crippen molar-refractivity contribution in [3.63, 3.8) is 0 Å². The summed E-state index contributed by atoms with van der Waals surface area (Å²) in [7, 11) is 0. The van der Waals surface area contributed by atoms with Crippen LogP contribution >= 0.6 is 23.5 Å². The molecule has 1 aromatic carbocycles. The van der Waals surface area contributed by atoms with Gasteiger partial charge in [0.2, 0.25) is 0 Å². The molecule has 1 saturated heterocycles. The zero-order valence-electron chi connectivity index (χ0n) is 18.8. The van der Waals surface area contributed by atoms with E-state index in [1.165, 1.54) is 79.9 Å². The molecule has 1 N–H and O–H groups in total. The van der Waals surface area contributed by atoms with Crippen LogP contribution in [0.4, 0.5) is 8.78 Å². The smallest absolute Gasteiger partial charge is 0.137 e. The number of hydrogen-bond acceptors (Lipinski definition) is 6. The fourth-order valence-electron chi connectivity index (χ4n) is 4.03. The minimum absolute atomic E-state index is 0.0543. The number of nitrogens with zero attached hydrogens (tertiary/aromatic N) is 4. The second kappa shape index (κ2) is 12.9. The maximum atomic E-state index is 14.6. The first kappa shape index (κ1) is 25.5. The van der Waals surface area contributed by atoms with Gasteiger partial charge in [0.1, 0.15) is 29.9 Å². The number of unbranched alkanes of at least 4 members (excludes halogenated alkanes) is 4. The first-order chi connectivity index (χ1) is 15.5. The molecule has 0 spiro atoms. The average Bonchev–Trinajstić information content (AvgIpc) is 3.28. The lowest BCUT2D eigenvalue weighted by molar-refractivity contribution is 0.0133. The molecule has 5 nitrogen and oxygen atoms in total. The van der Waals surface area contributed by atoms with Gasteiger partial charge in [-0.3, -0.25) is 0 Å². The third kappa shape index (κ3) is 7.43. The molecule has 9 heteroatoms. The molecule has 2 atom stereocenters. The fourth-order valence-corrected chi connectivity index (χ4v) is 6.21. The number of rotatable bonds is 13. The molecular formula is C23H34F2N4OS2. The molecule has 0 saturated carbocycles. The molecule has 0 bridgehead atoms. The van der Waals surface area contributed by atoms with Crippen LogP contribution in [0.3, 0.4) is 0 Å². The topological polar surface area (TPSA) is 54.2 Å². The molecule has 1 aliphatic rings. The van der Waals surface area contributed by atoms with Crippen LogP contribution in [0.5, 0.6) is 0 Å². The molecule has 178 valence electrons. The van der Waals surface area contributed by atoms with Gasteiger partial charge in [0.15, 0.2) is 0 Å². The van der Waals surface area contributed by atoms with Crippen LogP contribution in [0, 0.1) is 11.6 Å². The molecule has 1 aromatic heterocycles. The van der Waals surface area contributed by atoms with E-state index in [1.807, 2.05) is 18.7 Å². The normalized spacial score (nSPS) is 17.9. The number of thioether (sulfide) groups is 2. The predicted molar refractivity (Wildman–Crippen MR) is 129 cm³/mol. The molecule has 2 heterocycles. The maximum Gasteiger partial charge on any atom is 0.137 e. The van der Waals surface area contributed by atoms with Gasteiger partial charge in [-0.2, -0.15) is 28.6 Å². The number of aliphatic hydroxyl groups is 1. The van der Waals surface area contributed by atoms with E-state index in [-0.39, 0.29) is 17.4 Å². The van der Waals surface area contributed by atoms with E-state index in [0.717, 1.165) is 24.7 Å². The Bertz CT molecular complexity index is 805. The highest BCUT2D eigenvalue weighted by Gasteiger charge is 2.39. The highest BCUT2D eigenvalue weighted by atomic mass is 32.2. The molecule has 1 fully saturated rings. The van der Waals surface area contributed by atoms with Gasteiger partial charge in [0.05, 0.1) is 6.54 Å². The van der Waals surface area contributed by atoms with E-state index in [9.17, 15) is 13.9 Å². The lowest BCUT2D eigenvalue weighted by Crippen LogP contribution is -2.41. The predicted octanol–water partition coefficient (Wildman–Crippen LogP) is 4.57. The van der Waals surface area contributed by atoms with E-state index in [1.54, 1.807) is 11.8 Å². The van der Waals surface area contributed by atoms with Gasteiger partial charge in [0, 0.05) is 41.5 Å². The van der Waals surface area contributed by atoms with Gasteiger partial charge in [-0.15, -0.1) is 0 Å². The van der Waals surface area contributed by atoms with Crippen molar-refractivity contribution in [2.45, 2.75) is 56.4 Å². The minimum atomic E-state index is -1.52. The Labute approximate surface area is 198 Å². The third-order valence-corrected chi connectivity index (χ3v) is 8.39. The lowest BCUT2D eigenvalue weighted by Gasteiger charge is -2.34. The number of halogens is 2. The summed E-state index contributed by atoms with van der Waals surface area (Å²) < 4.78 is 29.5. The molecule has 0 aliphatic carbocycles. The van der Waals surface area contributed by atoms with E-state index < -0.39 is 17.2 Å². The van der Waals surface area contributed by atoms with Crippen LogP contribution in [-0.2, 0) is 12.1 Å². The zero-order valence-corrected chi connectivity index (χ0v) is 20.4. The average molecular weight is 485 g/mol. The van der Waals surface area contributed by atoms with Gasteiger partial charge >= 0.3 is 0 Å². The molecule has 3 rings (SSSR count). The lowest BCUT2D eigenvalue weighted by atomic mass is 9.90. The molecule has 0 unspecified atom stereocenters. The largest absolute Gasteiger partial charge is 0.382 e. The Morgan fingerprint density at radius 3 is 2.62 bits per heavy atom. The molecule has 2 aromatic rings. The van der Waals surface area contributed by atoms with Crippen molar-refractivity contribution in [2.75, 3.05) is 36.9 Å². The van der Waals surface area contributed by atoms with Gasteiger partial charge in [-0.05, 0) is 31.2 Å². The molecule has 32 heavy (non-hydrogen) atoms. The number of hydrogen-bond donors (Lipinski definition) is 1. The summed E-state index contributed by atoms with van der Waals surface area (Å²) in [5.41, 5.74) is -1.44. The molecular weight excluding hydrogens is 450 g/mol. The van der Waals surface area contributed by atoms with Crippen LogP contribution < -0.4 is 0 Å². The molecule has 0 amide bonds. The monoisotopic (exact) mass is 484 g/mol. The number of benzene rings is 1. The molecule has 0 radical (unpaired) electrons. The van der Waals surface area contributed by atoms with Crippen LogP contribution in [-0.4, -0.2) is 66.9 Å². The van der Waals surface area contributed by atoms with E-state index in [4.69, 9.17) is 0 Å². The van der Waals surface area contributed by atoms with Gasteiger partial charge in [-0.1, -0.05) is 32.3 Å². The van der Waals surface area contributed by atoms with Crippen molar-refractivity contribution in [2.24, 2.45) is 0 Å². The van der Waals surface area contributed by atoms with Crippen molar-refractivity contribution < 1.29 is 13.9 Å². The van der Waals surface area contributed by atoms with Crippen LogP contribution in [0.1, 0.15) is 44.6 Å². The van der Waals surface area contributed by atoms with Crippen molar-refractivity contribution in [1.82, 2.24) is 19.7 Å². The summed E-state index contributed by atoms with van der Waals surface area (Å²) >= 11 is 3.67. The summed E-state index contributed by atoms with van der Waals surface area (Å²) in [5.74, 6) is 2.01. The zero-order chi connectivity index (χ0) is 22.8. The second-order valence-corrected chi connectivity index (χ2v) is 11.0. The molecule has 1 aliphatic heterocycles. The van der Waals surface area contributed by atoms with Crippen LogP contribution in [0.2, 0.25) is 0 Å². The quantitative estimate of drug-likeness (QED) is 0.421. The summed E-state index contributed by atoms with van der Waals surface area (Å²) in [4.78, 5) is 6.48. The maximum absolute atomic E-state index is 14.6. The summed E-state index contributed by atoms with van der Waals surface area (Å²) in [6.07, 6.45) is 8.81. The third-order valence-electron chi connectivity index (χ3n) is 6.03. The Hall–Kier alpha value is -1.16. The summed E-state index contributed by atoms with van der Waals surface area (Å²) in [6, 6.07) is 3.34. The van der Waals surface area contributed by atoms with E-state index in [2.05, 4.69) is 15.0 Å². The highest BCUT2D eigenvalue weighted by Crippen LogP contribution is 2.36. The van der Waals surface area contributed by atoms with Crippen molar-refractivity contribution in [3.8, 4) is 0 Å². The van der Waals surface area contributed by atoms with Crippen molar-refractivity contribution in [3.05, 3.63) is 48.1 Å². The van der Waals surface area contributed by atoms with Crippen LogP contribution in [0.15, 0.2) is 30.9 Å². The second-order valence-electron chi connectivity index (χ2n) is 8.38. The van der Waals surface area contributed by atoms with E-state index >= 15 is 0 Å². The Morgan fingerprint density at radius 1 is 1.16 bits per heavy atom. The van der Waals surface area contributed by atoms with Gasteiger partial charge in [0.25, 0.3) is 0 Å². The standard InChI is InChI=1S/C23H34F2N4OS2/c1-19(32-12-6-4-2-3-5-9-28-10-13-31-14-11-28)23(30,16-29-18-26-17-27-29)21-8-7-20(24)15-22(21)25/h7-8,15,17-19,30H,2-6,9-14,16H2,1H3/t19-,23-/m1/s1. The SMILES string of the molecule is C[C@@H](SCCCCCCCN1CCSCC1)[C@](O)(Cn1cncn1)c1ccc(F)cc1F. The Morgan fingerprint density at radius 2 is 1.91 bits per heavy atom. The van der Waals surface area contributed by atoms with Crippen molar-refractivity contribution >= 4 is 23.5 Å². The van der Waals surface area contributed by atoms with E-state index in [0.29, 0.717) is 0 Å². The summed E-state index contributed by atoms with van der Waals surface area (Å²) in [5, 5.41) is 15.3. The van der Waals surface area contributed by atoms with Crippen molar-refractivity contribution in [1.29, 1.82) is 0 Å².